The van der Waals surface area contributed by atoms with E-state index >= 15 is 0 Å². The van der Waals surface area contributed by atoms with Crippen LogP contribution >= 0.6 is 0 Å². The third-order valence-corrected chi connectivity index (χ3v) is 9.64. The van der Waals surface area contributed by atoms with E-state index < -0.39 is 0 Å². The second-order valence-electron chi connectivity index (χ2n) is 12.5. The molecule has 0 atom stereocenters. The van der Waals surface area contributed by atoms with E-state index in [1.54, 1.807) is 0 Å². The first kappa shape index (κ1) is 28.2. The van der Waals surface area contributed by atoms with E-state index in [-0.39, 0.29) is 0 Å². The SMILES string of the molecule is c1ccc(-c2cc(-c3ccc(-n4c5ccncc5c5cc(-n6c7ccccc7c7ccccc76)ccc54)cc3)nc(-c3ccccc3)n2)cc1. The molecule has 0 aliphatic heterocycles. The Bertz CT molecular complexity index is 2740. The monoisotopic (exact) mass is 639 g/mol. The Kier molecular flexibility index (Phi) is 6.42. The summed E-state index contributed by atoms with van der Waals surface area (Å²) in [5, 5.41) is 4.78. The largest absolute Gasteiger partial charge is 0.309 e. The Labute approximate surface area is 288 Å². The number of benzene rings is 6. The van der Waals surface area contributed by atoms with Crippen molar-refractivity contribution < 1.29 is 0 Å². The van der Waals surface area contributed by atoms with Crippen LogP contribution in [0.3, 0.4) is 0 Å². The highest BCUT2D eigenvalue weighted by molar-refractivity contribution is 6.12. The molecule has 10 aromatic rings. The lowest BCUT2D eigenvalue weighted by Crippen LogP contribution is -1.97. The van der Waals surface area contributed by atoms with Crippen LogP contribution in [-0.4, -0.2) is 24.1 Å². The summed E-state index contributed by atoms with van der Waals surface area (Å²) in [6.45, 7) is 0. The summed E-state index contributed by atoms with van der Waals surface area (Å²) < 4.78 is 4.70. The van der Waals surface area contributed by atoms with E-state index in [1.165, 1.54) is 21.8 Å². The first-order chi connectivity index (χ1) is 24.8. The van der Waals surface area contributed by atoms with Crippen molar-refractivity contribution in [1.29, 1.82) is 0 Å². The number of hydrogen-bond acceptors (Lipinski definition) is 3. The molecule has 0 aliphatic rings. The van der Waals surface area contributed by atoms with Crippen LogP contribution in [0.4, 0.5) is 0 Å². The van der Waals surface area contributed by atoms with Gasteiger partial charge in [0.05, 0.1) is 33.5 Å². The van der Waals surface area contributed by atoms with Gasteiger partial charge in [-0.05, 0) is 54.6 Å². The van der Waals surface area contributed by atoms with Crippen molar-refractivity contribution >= 4 is 43.6 Å². The van der Waals surface area contributed by atoms with Gasteiger partial charge in [-0.2, -0.15) is 0 Å². The van der Waals surface area contributed by atoms with Gasteiger partial charge < -0.3 is 9.13 Å². The normalized spacial score (nSPS) is 11.6. The fraction of sp³-hybridized carbons (Fsp3) is 0. The first-order valence-electron chi connectivity index (χ1n) is 16.8. The van der Waals surface area contributed by atoms with Crippen LogP contribution in [0.5, 0.6) is 0 Å². The quantitative estimate of drug-likeness (QED) is 0.188. The molecule has 0 unspecified atom stereocenters. The molecular weight excluding hydrogens is 611 g/mol. The summed E-state index contributed by atoms with van der Waals surface area (Å²) in [7, 11) is 0. The van der Waals surface area contributed by atoms with Crippen molar-refractivity contribution in [1.82, 2.24) is 24.1 Å². The number of aromatic nitrogens is 5. The molecule has 0 radical (unpaired) electrons. The van der Waals surface area contributed by atoms with Crippen LogP contribution in [0.15, 0.2) is 176 Å². The Hall–Kier alpha value is -6.85. The molecular formula is C45H29N5. The fourth-order valence-corrected chi connectivity index (χ4v) is 7.32. The second kappa shape index (κ2) is 11.4. The summed E-state index contributed by atoms with van der Waals surface area (Å²) in [5.74, 6) is 0.708. The Morgan fingerprint density at radius 1 is 0.360 bits per heavy atom. The summed E-state index contributed by atoms with van der Waals surface area (Å²) in [6, 6.07) is 57.4. The lowest BCUT2D eigenvalue weighted by Gasteiger charge is -2.12. The molecule has 5 heteroatoms. The zero-order chi connectivity index (χ0) is 33.0. The third kappa shape index (κ3) is 4.52. The third-order valence-electron chi connectivity index (χ3n) is 9.64. The molecule has 0 saturated carbocycles. The lowest BCUT2D eigenvalue weighted by molar-refractivity contribution is 1.16. The molecule has 0 aliphatic carbocycles. The minimum atomic E-state index is 0.708. The summed E-state index contributed by atoms with van der Waals surface area (Å²) >= 11 is 0. The van der Waals surface area contributed by atoms with Crippen LogP contribution in [-0.2, 0) is 0 Å². The predicted octanol–water partition coefficient (Wildman–Crippen LogP) is 11.1. The van der Waals surface area contributed by atoms with E-state index in [1.807, 2.05) is 48.8 Å². The number of para-hydroxylation sites is 2. The number of hydrogen-bond donors (Lipinski definition) is 0. The second-order valence-corrected chi connectivity index (χ2v) is 12.5. The Morgan fingerprint density at radius 3 is 1.56 bits per heavy atom. The smallest absolute Gasteiger partial charge is 0.160 e. The molecule has 0 spiro atoms. The maximum atomic E-state index is 5.04. The molecule has 5 nitrogen and oxygen atoms in total. The Morgan fingerprint density at radius 2 is 0.880 bits per heavy atom. The molecule has 6 aromatic carbocycles. The van der Waals surface area contributed by atoms with Crippen molar-refractivity contribution in [3.63, 3.8) is 0 Å². The van der Waals surface area contributed by atoms with Crippen LogP contribution in [0.25, 0.3) is 88.9 Å². The van der Waals surface area contributed by atoms with Crippen molar-refractivity contribution in [2.75, 3.05) is 0 Å². The van der Waals surface area contributed by atoms with Gasteiger partial charge in [0.2, 0.25) is 0 Å². The molecule has 0 saturated heterocycles. The van der Waals surface area contributed by atoms with Crippen LogP contribution < -0.4 is 0 Å². The van der Waals surface area contributed by atoms with Gasteiger partial charge in [-0.25, -0.2) is 9.97 Å². The van der Waals surface area contributed by atoms with Gasteiger partial charge >= 0.3 is 0 Å². The average Bonchev–Trinajstić information content (AvgIpc) is 3.71. The van der Waals surface area contributed by atoms with E-state index in [0.29, 0.717) is 5.82 Å². The highest BCUT2D eigenvalue weighted by Gasteiger charge is 2.17. The highest BCUT2D eigenvalue weighted by atomic mass is 15.0. The first-order valence-corrected chi connectivity index (χ1v) is 16.8. The minimum Gasteiger partial charge on any atom is -0.309 e. The van der Waals surface area contributed by atoms with Gasteiger partial charge in [-0.15, -0.1) is 0 Å². The maximum absolute atomic E-state index is 5.04. The molecule has 50 heavy (non-hydrogen) atoms. The van der Waals surface area contributed by atoms with Gasteiger partial charge in [0.25, 0.3) is 0 Å². The van der Waals surface area contributed by atoms with Gasteiger partial charge in [-0.3, -0.25) is 4.98 Å². The summed E-state index contributed by atoms with van der Waals surface area (Å²) in [6.07, 6.45) is 3.85. The van der Waals surface area contributed by atoms with E-state index in [0.717, 1.165) is 61.3 Å². The number of fused-ring (bicyclic) bond motifs is 6. The van der Waals surface area contributed by atoms with E-state index in [4.69, 9.17) is 9.97 Å². The summed E-state index contributed by atoms with van der Waals surface area (Å²) in [4.78, 5) is 14.6. The fourth-order valence-electron chi connectivity index (χ4n) is 7.32. The van der Waals surface area contributed by atoms with Crippen molar-refractivity contribution in [3.8, 4) is 45.3 Å². The molecule has 0 amide bonds. The molecule has 0 N–H and O–H groups in total. The number of rotatable bonds is 5. The molecule has 4 heterocycles. The predicted molar refractivity (Wildman–Crippen MR) is 205 cm³/mol. The minimum absolute atomic E-state index is 0.708. The Balaban J connectivity index is 1.11. The van der Waals surface area contributed by atoms with E-state index in [2.05, 4.69) is 142 Å². The van der Waals surface area contributed by atoms with Crippen molar-refractivity contribution in [3.05, 3.63) is 176 Å². The zero-order valence-electron chi connectivity index (χ0n) is 27.0. The molecule has 0 bridgehead atoms. The average molecular weight is 640 g/mol. The van der Waals surface area contributed by atoms with Gasteiger partial charge in [-0.1, -0.05) is 109 Å². The van der Waals surface area contributed by atoms with Crippen LogP contribution in [0.2, 0.25) is 0 Å². The molecule has 234 valence electrons. The number of pyridine rings is 1. The topological polar surface area (TPSA) is 48.5 Å². The summed E-state index contributed by atoms with van der Waals surface area (Å²) in [5.41, 5.74) is 11.7. The standard InChI is InChI=1S/C45H29N5/c1-3-11-30(12-4-1)39-28-40(48-45(47-39)32-13-5-2-6-14-32)31-19-21-33(22-20-31)49-43-24-23-34(27-37(43)38-29-46-26-25-44(38)49)50-41-17-9-7-15-35(41)36-16-8-10-18-42(36)50/h1-29H. The molecule has 0 fully saturated rings. The highest BCUT2D eigenvalue weighted by Crippen LogP contribution is 2.37. The maximum Gasteiger partial charge on any atom is 0.160 e. The van der Waals surface area contributed by atoms with Crippen LogP contribution in [0.1, 0.15) is 0 Å². The van der Waals surface area contributed by atoms with Gasteiger partial charge in [0.1, 0.15) is 0 Å². The van der Waals surface area contributed by atoms with Gasteiger partial charge in [0, 0.05) is 62.0 Å². The molecule has 4 aromatic heterocycles. The lowest BCUT2D eigenvalue weighted by atomic mass is 10.1. The van der Waals surface area contributed by atoms with E-state index in [9.17, 15) is 0 Å². The van der Waals surface area contributed by atoms with Crippen molar-refractivity contribution in [2.45, 2.75) is 0 Å². The van der Waals surface area contributed by atoms with Crippen molar-refractivity contribution in [2.24, 2.45) is 0 Å². The van der Waals surface area contributed by atoms with Crippen LogP contribution in [0, 0.1) is 0 Å². The molecule has 10 rings (SSSR count). The zero-order valence-corrected chi connectivity index (χ0v) is 27.0. The number of nitrogens with zero attached hydrogens (tertiary/aromatic N) is 5. The van der Waals surface area contributed by atoms with Gasteiger partial charge in [0.15, 0.2) is 5.82 Å².